The second kappa shape index (κ2) is 6.39. The Morgan fingerprint density at radius 2 is 1.96 bits per heavy atom. The van der Waals surface area contributed by atoms with Crippen LogP contribution in [0.15, 0.2) is 12.4 Å². The Hall–Kier alpha value is -2.38. The van der Waals surface area contributed by atoms with E-state index in [9.17, 15) is 9.59 Å². The number of carboxylic acid groups (broad SMARTS) is 1. The average molecular weight is 322 g/mol. The van der Waals surface area contributed by atoms with Gasteiger partial charge in [0.1, 0.15) is 5.60 Å². The van der Waals surface area contributed by atoms with E-state index in [1.807, 2.05) is 32.7 Å². The average Bonchev–Trinajstić information content (AvgIpc) is 2.94. The summed E-state index contributed by atoms with van der Waals surface area (Å²) >= 11 is 0. The molecule has 126 valence electrons. The van der Waals surface area contributed by atoms with Crippen LogP contribution in [0.25, 0.3) is 0 Å². The van der Waals surface area contributed by atoms with E-state index in [0.29, 0.717) is 18.8 Å². The number of likely N-dealkylation sites (N-methyl/N-ethyl adjacent to an activating group) is 1. The van der Waals surface area contributed by atoms with E-state index in [0.717, 1.165) is 6.42 Å². The SMILES string of the molecule is CN(c1cnc(C(=O)O)nc1)C1CCN(C(=O)OC(C)(C)C)C1. The van der Waals surface area contributed by atoms with Crippen LogP contribution < -0.4 is 4.90 Å². The zero-order valence-corrected chi connectivity index (χ0v) is 13.8. The maximum absolute atomic E-state index is 12.1. The smallest absolute Gasteiger partial charge is 0.410 e. The minimum atomic E-state index is -1.16. The molecule has 1 aliphatic rings. The number of hydrogen-bond acceptors (Lipinski definition) is 6. The van der Waals surface area contributed by atoms with Crippen LogP contribution in [0.2, 0.25) is 0 Å². The molecule has 1 fully saturated rings. The minimum absolute atomic E-state index is 0.113. The lowest BCUT2D eigenvalue weighted by Gasteiger charge is -2.27. The molecule has 0 aromatic carbocycles. The normalized spacial score (nSPS) is 17.9. The molecule has 23 heavy (non-hydrogen) atoms. The van der Waals surface area contributed by atoms with Crippen molar-refractivity contribution in [1.82, 2.24) is 14.9 Å². The largest absolute Gasteiger partial charge is 0.475 e. The number of hydrogen-bond donors (Lipinski definition) is 1. The molecule has 1 atom stereocenters. The topological polar surface area (TPSA) is 95.9 Å². The van der Waals surface area contributed by atoms with Crippen LogP contribution in [0.4, 0.5) is 10.5 Å². The minimum Gasteiger partial charge on any atom is -0.475 e. The molecule has 2 rings (SSSR count). The van der Waals surface area contributed by atoms with Crippen molar-refractivity contribution in [3.8, 4) is 0 Å². The molecule has 8 heteroatoms. The van der Waals surface area contributed by atoms with E-state index in [1.165, 1.54) is 12.4 Å². The first-order valence-electron chi connectivity index (χ1n) is 7.43. The van der Waals surface area contributed by atoms with Gasteiger partial charge >= 0.3 is 12.1 Å². The first kappa shape index (κ1) is 17.0. The van der Waals surface area contributed by atoms with Crippen LogP contribution in [-0.4, -0.2) is 63.8 Å². The maximum Gasteiger partial charge on any atom is 0.410 e. The molecular weight excluding hydrogens is 300 g/mol. The first-order valence-corrected chi connectivity index (χ1v) is 7.43. The molecule has 0 spiro atoms. The van der Waals surface area contributed by atoms with Crippen molar-refractivity contribution >= 4 is 17.7 Å². The highest BCUT2D eigenvalue weighted by Gasteiger charge is 2.32. The van der Waals surface area contributed by atoms with Crippen molar-refractivity contribution in [1.29, 1.82) is 0 Å². The summed E-state index contributed by atoms with van der Waals surface area (Å²) in [5.41, 5.74) is 0.202. The highest BCUT2D eigenvalue weighted by molar-refractivity contribution is 5.83. The summed E-state index contributed by atoms with van der Waals surface area (Å²) in [4.78, 5) is 34.1. The molecule has 0 aliphatic carbocycles. The van der Waals surface area contributed by atoms with Crippen molar-refractivity contribution in [2.45, 2.75) is 38.8 Å². The van der Waals surface area contributed by atoms with Gasteiger partial charge in [-0.3, -0.25) is 0 Å². The highest BCUT2D eigenvalue weighted by atomic mass is 16.6. The van der Waals surface area contributed by atoms with Gasteiger partial charge < -0.3 is 19.6 Å². The molecule has 8 nitrogen and oxygen atoms in total. The number of aromatic carboxylic acids is 1. The van der Waals surface area contributed by atoms with Crippen LogP contribution in [0.3, 0.4) is 0 Å². The van der Waals surface area contributed by atoms with E-state index in [1.54, 1.807) is 4.90 Å². The zero-order chi connectivity index (χ0) is 17.2. The molecule has 1 unspecified atom stereocenters. The molecule has 0 bridgehead atoms. The number of amides is 1. The van der Waals surface area contributed by atoms with Crippen molar-refractivity contribution in [2.24, 2.45) is 0 Å². The summed E-state index contributed by atoms with van der Waals surface area (Å²) in [6, 6.07) is 0.113. The molecule has 1 aromatic heterocycles. The van der Waals surface area contributed by atoms with Crippen LogP contribution in [0.1, 0.15) is 37.8 Å². The number of ether oxygens (including phenoxy) is 1. The number of carboxylic acids is 1. The Balaban J connectivity index is 1.98. The van der Waals surface area contributed by atoms with Crippen LogP contribution >= 0.6 is 0 Å². The van der Waals surface area contributed by atoms with Gasteiger partial charge in [-0.05, 0) is 27.2 Å². The van der Waals surface area contributed by atoms with E-state index in [-0.39, 0.29) is 18.0 Å². The van der Waals surface area contributed by atoms with Crippen LogP contribution in [0, 0.1) is 0 Å². The van der Waals surface area contributed by atoms with Crippen LogP contribution in [0.5, 0.6) is 0 Å². The molecule has 1 amide bonds. The maximum atomic E-state index is 12.1. The molecule has 1 saturated heterocycles. The lowest BCUT2D eigenvalue weighted by atomic mass is 10.2. The van der Waals surface area contributed by atoms with Crippen LogP contribution in [-0.2, 0) is 4.74 Å². The third-order valence-corrected chi connectivity index (χ3v) is 3.60. The van der Waals surface area contributed by atoms with Gasteiger partial charge in [0.2, 0.25) is 5.82 Å². The second-order valence-corrected chi connectivity index (χ2v) is 6.55. The Morgan fingerprint density at radius 1 is 1.35 bits per heavy atom. The van der Waals surface area contributed by atoms with Crippen molar-refractivity contribution in [2.75, 3.05) is 25.0 Å². The molecule has 1 aromatic rings. The quantitative estimate of drug-likeness (QED) is 0.903. The zero-order valence-electron chi connectivity index (χ0n) is 13.8. The van der Waals surface area contributed by atoms with Gasteiger partial charge in [0.15, 0.2) is 0 Å². The number of aromatic nitrogens is 2. The number of carbonyl (C=O) groups is 2. The standard InChI is InChI=1S/C15H22N4O4/c1-15(2,3)23-14(22)19-6-5-10(9-19)18(4)11-7-16-12(13(20)21)17-8-11/h7-8,10H,5-6,9H2,1-4H3,(H,20,21). The number of likely N-dealkylation sites (tertiary alicyclic amines) is 1. The van der Waals surface area contributed by atoms with Gasteiger partial charge in [0, 0.05) is 26.2 Å². The van der Waals surface area contributed by atoms with Crippen molar-refractivity contribution < 1.29 is 19.4 Å². The van der Waals surface area contributed by atoms with E-state index in [4.69, 9.17) is 9.84 Å². The van der Waals surface area contributed by atoms with Crippen molar-refractivity contribution in [3.05, 3.63) is 18.2 Å². The summed E-state index contributed by atoms with van der Waals surface area (Å²) in [7, 11) is 1.88. The summed E-state index contributed by atoms with van der Waals surface area (Å²) < 4.78 is 5.38. The lowest BCUT2D eigenvalue weighted by molar-refractivity contribution is 0.0292. The fourth-order valence-electron chi connectivity index (χ4n) is 2.37. The van der Waals surface area contributed by atoms with Gasteiger partial charge in [-0.15, -0.1) is 0 Å². The predicted molar refractivity (Wildman–Crippen MR) is 83.6 cm³/mol. The summed E-state index contributed by atoms with van der Waals surface area (Å²) in [5, 5.41) is 8.82. The molecular formula is C15H22N4O4. The van der Waals surface area contributed by atoms with Crippen molar-refractivity contribution in [3.63, 3.8) is 0 Å². The van der Waals surface area contributed by atoms with Gasteiger partial charge in [-0.1, -0.05) is 0 Å². The Morgan fingerprint density at radius 3 is 2.48 bits per heavy atom. The summed E-state index contributed by atoms with van der Waals surface area (Å²) in [5.74, 6) is -1.39. The monoisotopic (exact) mass is 322 g/mol. The summed E-state index contributed by atoms with van der Waals surface area (Å²) in [6.07, 6.45) is 3.45. The number of nitrogens with zero attached hydrogens (tertiary/aromatic N) is 4. The lowest BCUT2D eigenvalue weighted by Crippen LogP contribution is -2.39. The van der Waals surface area contributed by atoms with Gasteiger partial charge in [-0.2, -0.15) is 0 Å². The predicted octanol–water partition coefficient (Wildman–Crippen LogP) is 1.62. The molecule has 2 heterocycles. The highest BCUT2D eigenvalue weighted by Crippen LogP contribution is 2.22. The van der Waals surface area contributed by atoms with Gasteiger partial charge in [0.25, 0.3) is 0 Å². The number of rotatable bonds is 3. The Labute approximate surface area is 135 Å². The second-order valence-electron chi connectivity index (χ2n) is 6.55. The molecule has 1 N–H and O–H groups in total. The van der Waals surface area contributed by atoms with Gasteiger partial charge in [0.05, 0.1) is 18.1 Å². The van der Waals surface area contributed by atoms with E-state index in [2.05, 4.69) is 9.97 Å². The first-order chi connectivity index (χ1) is 10.7. The molecule has 1 aliphatic heterocycles. The molecule has 0 saturated carbocycles. The molecule has 0 radical (unpaired) electrons. The summed E-state index contributed by atoms with van der Waals surface area (Å²) in [6.45, 7) is 6.69. The Kier molecular flexibility index (Phi) is 4.72. The third-order valence-electron chi connectivity index (χ3n) is 3.60. The van der Waals surface area contributed by atoms with E-state index < -0.39 is 11.6 Å². The van der Waals surface area contributed by atoms with Gasteiger partial charge in [-0.25, -0.2) is 19.6 Å². The Bertz CT molecular complexity index is 582. The third kappa shape index (κ3) is 4.30. The number of carbonyl (C=O) groups excluding carboxylic acids is 1. The number of anilines is 1. The fraction of sp³-hybridized carbons (Fsp3) is 0.600. The fourth-order valence-corrected chi connectivity index (χ4v) is 2.37. The van der Waals surface area contributed by atoms with E-state index >= 15 is 0 Å².